The molecule has 0 bridgehead atoms. The van der Waals surface area contributed by atoms with E-state index >= 15 is 0 Å². The molecule has 0 radical (unpaired) electrons. The highest BCUT2D eigenvalue weighted by atomic mass is 16.5. The minimum Gasteiger partial charge on any atom is -0.481 e. The van der Waals surface area contributed by atoms with E-state index < -0.39 is 0 Å². The molecule has 1 amide bonds. The second-order valence-electron chi connectivity index (χ2n) is 4.33. The third-order valence-electron chi connectivity index (χ3n) is 2.78. The van der Waals surface area contributed by atoms with E-state index in [9.17, 15) is 4.79 Å². The van der Waals surface area contributed by atoms with E-state index in [0.29, 0.717) is 12.2 Å². The summed E-state index contributed by atoms with van der Waals surface area (Å²) < 4.78 is 5.53. The van der Waals surface area contributed by atoms with Gasteiger partial charge in [-0.2, -0.15) is 0 Å². The zero-order valence-electron chi connectivity index (χ0n) is 11.8. The van der Waals surface area contributed by atoms with Crippen molar-refractivity contribution in [2.24, 2.45) is 0 Å². The summed E-state index contributed by atoms with van der Waals surface area (Å²) in [6.45, 7) is 2.56. The Morgan fingerprint density at radius 1 is 1.24 bits per heavy atom. The van der Waals surface area contributed by atoms with Gasteiger partial charge in [0.05, 0.1) is 12.1 Å². The first-order valence-corrected chi connectivity index (χ1v) is 6.60. The zero-order valence-corrected chi connectivity index (χ0v) is 11.8. The van der Waals surface area contributed by atoms with Crippen molar-refractivity contribution in [3.8, 4) is 17.6 Å². The summed E-state index contributed by atoms with van der Waals surface area (Å²) in [5.41, 5.74) is 1.60. The Bertz CT molecular complexity index is 657. The van der Waals surface area contributed by atoms with Gasteiger partial charge < -0.3 is 10.1 Å². The zero-order chi connectivity index (χ0) is 14.9. The minimum atomic E-state index is -0.183. The van der Waals surface area contributed by atoms with Crippen molar-refractivity contribution in [3.05, 3.63) is 59.9 Å². The number of amides is 1. The molecule has 4 heteroatoms. The van der Waals surface area contributed by atoms with E-state index in [1.807, 2.05) is 31.2 Å². The molecule has 1 aromatic carbocycles. The smallest absolute Gasteiger partial charge is 0.253 e. The molecule has 2 aromatic rings. The Balaban J connectivity index is 1.73. The summed E-state index contributed by atoms with van der Waals surface area (Å²) in [6.07, 6.45) is 3.14. The van der Waals surface area contributed by atoms with Gasteiger partial charge >= 0.3 is 0 Å². The SMILES string of the molecule is Cc1ccccc1OCC#CCNC(=O)c1cccnc1. The lowest BCUT2D eigenvalue weighted by molar-refractivity contribution is 0.0958. The predicted octanol–water partition coefficient (Wildman–Crippen LogP) is 2.20. The quantitative estimate of drug-likeness (QED) is 0.874. The number of carbonyl (C=O) groups excluding carboxylic acids is 1. The number of rotatable bonds is 4. The Morgan fingerprint density at radius 3 is 2.86 bits per heavy atom. The van der Waals surface area contributed by atoms with Gasteiger partial charge in [-0.1, -0.05) is 30.0 Å². The maximum Gasteiger partial charge on any atom is 0.253 e. The molecule has 0 saturated heterocycles. The van der Waals surface area contributed by atoms with Crippen LogP contribution in [0.25, 0.3) is 0 Å². The van der Waals surface area contributed by atoms with Crippen LogP contribution < -0.4 is 10.1 Å². The van der Waals surface area contributed by atoms with Crippen molar-refractivity contribution in [2.75, 3.05) is 13.2 Å². The number of carbonyl (C=O) groups is 1. The van der Waals surface area contributed by atoms with Crippen LogP contribution in [0.3, 0.4) is 0 Å². The third-order valence-corrected chi connectivity index (χ3v) is 2.78. The van der Waals surface area contributed by atoms with Crippen LogP contribution in [0.1, 0.15) is 15.9 Å². The van der Waals surface area contributed by atoms with Gasteiger partial charge in [-0.3, -0.25) is 9.78 Å². The van der Waals surface area contributed by atoms with Crippen molar-refractivity contribution in [1.29, 1.82) is 0 Å². The number of aryl methyl sites for hydroxylation is 1. The molecule has 0 aliphatic heterocycles. The fraction of sp³-hybridized carbons (Fsp3) is 0.176. The van der Waals surface area contributed by atoms with Crippen molar-refractivity contribution >= 4 is 5.91 Å². The Morgan fingerprint density at radius 2 is 2.10 bits per heavy atom. The van der Waals surface area contributed by atoms with Gasteiger partial charge in [0.25, 0.3) is 5.91 Å². The van der Waals surface area contributed by atoms with Crippen LogP contribution >= 0.6 is 0 Å². The van der Waals surface area contributed by atoms with E-state index in [0.717, 1.165) is 11.3 Å². The molecule has 0 spiro atoms. The van der Waals surface area contributed by atoms with E-state index in [-0.39, 0.29) is 12.5 Å². The van der Waals surface area contributed by atoms with Crippen LogP contribution in [0.2, 0.25) is 0 Å². The number of benzene rings is 1. The summed E-state index contributed by atoms with van der Waals surface area (Å²) in [4.78, 5) is 15.6. The van der Waals surface area contributed by atoms with E-state index in [4.69, 9.17) is 4.74 Å². The van der Waals surface area contributed by atoms with Crippen molar-refractivity contribution < 1.29 is 9.53 Å². The molecule has 4 nitrogen and oxygen atoms in total. The van der Waals surface area contributed by atoms with Crippen LogP contribution in [0.4, 0.5) is 0 Å². The predicted molar refractivity (Wildman–Crippen MR) is 81.0 cm³/mol. The van der Waals surface area contributed by atoms with Crippen LogP contribution in [0, 0.1) is 18.8 Å². The number of hydrogen-bond donors (Lipinski definition) is 1. The lowest BCUT2D eigenvalue weighted by Crippen LogP contribution is -2.23. The standard InChI is InChI=1S/C17H16N2O2/c1-14-7-2-3-9-16(14)21-12-5-4-11-19-17(20)15-8-6-10-18-13-15/h2-3,6-10,13H,11-12H2,1H3,(H,19,20). The molecule has 1 heterocycles. The molecule has 1 aromatic heterocycles. The first-order valence-electron chi connectivity index (χ1n) is 6.60. The molecule has 0 atom stereocenters. The summed E-state index contributed by atoms with van der Waals surface area (Å²) in [5.74, 6) is 6.36. The number of aromatic nitrogens is 1. The van der Waals surface area contributed by atoms with Gasteiger partial charge in [-0.05, 0) is 30.7 Å². The second-order valence-corrected chi connectivity index (χ2v) is 4.33. The molecule has 0 unspecified atom stereocenters. The maximum atomic E-state index is 11.7. The minimum absolute atomic E-state index is 0.183. The average Bonchev–Trinajstić information content (AvgIpc) is 2.53. The molecule has 106 valence electrons. The van der Waals surface area contributed by atoms with Crippen LogP contribution in [-0.4, -0.2) is 24.0 Å². The van der Waals surface area contributed by atoms with Crippen molar-refractivity contribution in [2.45, 2.75) is 6.92 Å². The highest BCUT2D eigenvalue weighted by molar-refractivity contribution is 5.93. The topological polar surface area (TPSA) is 51.2 Å². The summed E-state index contributed by atoms with van der Waals surface area (Å²) in [6, 6.07) is 11.2. The molecule has 0 aliphatic rings. The van der Waals surface area contributed by atoms with Gasteiger partial charge in [-0.15, -0.1) is 0 Å². The van der Waals surface area contributed by atoms with Gasteiger partial charge in [0, 0.05) is 12.4 Å². The highest BCUT2D eigenvalue weighted by Gasteiger charge is 2.01. The Hall–Kier alpha value is -2.80. The second kappa shape index (κ2) is 7.71. The number of hydrogen-bond acceptors (Lipinski definition) is 3. The van der Waals surface area contributed by atoms with Crippen molar-refractivity contribution in [3.63, 3.8) is 0 Å². The van der Waals surface area contributed by atoms with Crippen LogP contribution in [0.5, 0.6) is 5.75 Å². The number of pyridine rings is 1. The van der Waals surface area contributed by atoms with Gasteiger partial charge in [-0.25, -0.2) is 0 Å². The lowest BCUT2D eigenvalue weighted by Gasteiger charge is -2.04. The molecular formula is C17H16N2O2. The Kier molecular flexibility index (Phi) is 5.36. The lowest BCUT2D eigenvalue weighted by atomic mass is 10.2. The van der Waals surface area contributed by atoms with E-state index in [1.165, 1.54) is 6.20 Å². The summed E-state index contributed by atoms with van der Waals surface area (Å²) in [5, 5.41) is 2.70. The fourth-order valence-corrected chi connectivity index (χ4v) is 1.67. The van der Waals surface area contributed by atoms with Crippen LogP contribution in [0.15, 0.2) is 48.8 Å². The number of nitrogens with zero attached hydrogens (tertiary/aromatic N) is 1. The molecular weight excluding hydrogens is 264 g/mol. The fourth-order valence-electron chi connectivity index (χ4n) is 1.67. The first-order chi connectivity index (χ1) is 10.3. The number of para-hydroxylation sites is 1. The van der Waals surface area contributed by atoms with E-state index in [2.05, 4.69) is 22.1 Å². The first kappa shape index (κ1) is 14.6. The molecule has 0 aliphatic carbocycles. The highest BCUT2D eigenvalue weighted by Crippen LogP contribution is 2.15. The van der Waals surface area contributed by atoms with E-state index in [1.54, 1.807) is 18.3 Å². The largest absolute Gasteiger partial charge is 0.481 e. The molecule has 0 saturated carbocycles. The Labute approximate surface area is 124 Å². The molecule has 2 rings (SSSR count). The monoisotopic (exact) mass is 280 g/mol. The van der Waals surface area contributed by atoms with Gasteiger partial charge in [0.15, 0.2) is 0 Å². The van der Waals surface area contributed by atoms with Gasteiger partial charge in [0.1, 0.15) is 12.4 Å². The molecule has 0 fully saturated rings. The third kappa shape index (κ3) is 4.66. The summed E-state index contributed by atoms with van der Waals surface area (Å²) >= 11 is 0. The normalized spacial score (nSPS) is 9.38. The average molecular weight is 280 g/mol. The van der Waals surface area contributed by atoms with Gasteiger partial charge in [0.2, 0.25) is 0 Å². The maximum absolute atomic E-state index is 11.7. The summed E-state index contributed by atoms with van der Waals surface area (Å²) in [7, 11) is 0. The molecule has 1 N–H and O–H groups in total. The van der Waals surface area contributed by atoms with Crippen molar-refractivity contribution in [1.82, 2.24) is 10.3 Å². The number of ether oxygens (including phenoxy) is 1. The molecule has 21 heavy (non-hydrogen) atoms. The van der Waals surface area contributed by atoms with Crippen LogP contribution in [-0.2, 0) is 0 Å². The number of nitrogens with one attached hydrogen (secondary N) is 1.